The topological polar surface area (TPSA) is 90.8 Å². The van der Waals surface area contributed by atoms with E-state index in [1.54, 1.807) is 0 Å². The third-order valence-electron chi connectivity index (χ3n) is 15.1. The monoisotopic (exact) mass is 608 g/mol. The molecule has 0 unspecified atom stereocenters. The number of fused-ring (bicyclic) bond motifs is 5. The molecular weight excluding hydrogens is 550 g/mol. The lowest BCUT2D eigenvalue weighted by Crippen LogP contribution is -2.68. The first-order chi connectivity index (χ1) is 19.7. The summed E-state index contributed by atoms with van der Waals surface area (Å²) < 4.78 is 34.3. The van der Waals surface area contributed by atoms with Crippen LogP contribution >= 0.6 is 0 Å². The predicted octanol–water partition coefficient (Wildman–Crippen LogP) is 5.83. The fourth-order valence-electron chi connectivity index (χ4n) is 12.5. The SMILES string of the molecule is CC(C)(O)[C@H]1CC[C@@](C)([C@H]2CC[C@]3(C)[C@@H]2[C@H](O)C[C@@H]2[C@@]4(C)CC[C@H](NC(=O)[C@@H]5CC(F)(F)CN5)C(C)(C)[C@@H]4CC[C@]23C)O1. The maximum Gasteiger partial charge on any atom is 0.262 e. The minimum absolute atomic E-state index is 0.0122. The van der Waals surface area contributed by atoms with Gasteiger partial charge in [-0.2, -0.15) is 0 Å². The Labute approximate surface area is 257 Å². The molecule has 1 amide bonds. The standard InChI is InChI=1S/C35H58F2N2O4/c1-29(2)23-10-15-32(6)24(31(23,5)13-11-25(29)39-28(41)21-18-35(36,37)19-38-21)17-22(40)27-20(9-14-33(27,32)7)34(8)16-12-26(43-34)30(3,4)42/h20-27,38,40,42H,9-19H2,1-8H3,(H,39,41)/t20-,21-,22+,23-,24+,25-,26+,27-,31-,32+,33+,34-/m0/s1. The van der Waals surface area contributed by atoms with Crippen molar-refractivity contribution in [2.45, 2.75) is 161 Å². The number of ether oxygens (including phenoxy) is 1. The number of aliphatic hydroxyl groups excluding tert-OH is 1. The Morgan fingerprint density at radius 2 is 1.60 bits per heavy atom. The van der Waals surface area contributed by atoms with Gasteiger partial charge in [0.25, 0.3) is 5.92 Å². The van der Waals surface area contributed by atoms with Gasteiger partial charge in [0.2, 0.25) is 5.91 Å². The molecule has 0 radical (unpaired) electrons. The van der Waals surface area contributed by atoms with Crippen molar-refractivity contribution in [3.8, 4) is 0 Å². The summed E-state index contributed by atoms with van der Waals surface area (Å²) in [7, 11) is 0. The molecule has 4 N–H and O–H groups in total. The second-order valence-electron chi connectivity index (χ2n) is 18.0. The van der Waals surface area contributed by atoms with Crippen molar-refractivity contribution in [2.75, 3.05) is 6.54 Å². The highest BCUT2D eigenvalue weighted by Gasteiger charge is 2.72. The van der Waals surface area contributed by atoms with Gasteiger partial charge in [-0.05, 0) is 124 Å². The van der Waals surface area contributed by atoms with E-state index in [2.05, 4.69) is 52.2 Å². The average Bonchev–Trinajstić information content (AvgIpc) is 3.58. The van der Waals surface area contributed by atoms with Gasteiger partial charge in [0.15, 0.2) is 0 Å². The normalized spacial score (nSPS) is 52.3. The fraction of sp³-hybridized carbons (Fsp3) is 0.971. The molecule has 0 aromatic rings. The van der Waals surface area contributed by atoms with Gasteiger partial charge < -0.3 is 20.3 Å². The number of halogens is 2. The zero-order valence-electron chi connectivity index (χ0n) is 27.9. The number of alkyl halides is 2. The lowest BCUT2D eigenvalue weighted by molar-refractivity contribution is -0.240. The van der Waals surface area contributed by atoms with Crippen LogP contribution in [-0.2, 0) is 9.53 Å². The van der Waals surface area contributed by atoms with Crippen LogP contribution in [0.25, 0.3) is 0 Å². The Kier molecular flexibility index (Phi) is 7.35. The molecule has 0 spiro atoms. The Morgan fingerprint density at radius 3 is 2.21 bits per heavy atom. The zero-order chi connectivity index (χ0) is 31.6. The number of carbonyl (C=O) groups is 1. The van der Waals surface area contributed by atoms with Crippen LogP contribution in [0.5, 0.6) is 0 Å². The number of hydrogen-bond acceptors (Lipinski definition) is 5. The van der Waals surface area contributed by atoms with E-state index in [9.17, 15) is 23.8 Å². The summed E-state index contributed by atoms with van der Waals surface area (Å²) in [4.78, 5) is 13.1. The molecule has 0 bridgehead atoms. The molecule has 4 saturated carbocycles. The number of carbonyl (C=O) groups excluding carboxylic acids is 1. The molecule has 6 fully saturated rings. The lowest BCUT2D eigenvalue weighted by Gasteiger charge is -2.71. The van der Waals surface area contributed by atoms with E-state index in [-0.39, 0.29) is 57.1 Å². The summed E-state index contributed by atoms with van der Waals surface area (Å²) >= 11 is 0. The summed E-state index contributed by atoms with van der Waals surface area (Å²) in [5, 5.41) is 28.8. The van der Waals surface area contributed by atoms with Crippen molar-refractivity contribution in [2.24, 2.45) is 45.3 Å². The molecule has 2 saturated heterocycles. The van der Waals surface area contributed by atoms with Crippen molar-refractivity contribution >= 4 is 5.91 Å². The lowest BCUT2D eigenvalue weighted by atomic mass is 9.35. The first-order valence-electron chi connectivity index (χ1n) is 17.2. The van der Waals surface area contributed by atoms with Crippen LogP contribution in [0, 0.1) is 45.3 Å². The largest absolute Gasteiger partial charge is 0.393 e. The van der Waals surface area contributed by atoms with Gasteiger partial charge in [0.05, 0.1) is 36.0 Å². The van der Waals surface area contributed by atoms with E-state index < -0.39 is 36.6 Å². The Morgan fingerprint density at radius 1 is 0.930 bits per heavy atom. The van der Waals surface area contributed by atoms with E-state index in [0.29, 0.717) is 11.8 Å². The van der Waals surface area contributed by atoms with Crippen molar-refractivity contribution in [3.63, 3.8) is 0 Å². The van der Waals surface area contributed by atoms with Crippen LogP contribution in [0.15, 0.2) is 0 Å². The van der Waals surface area contributed by atoms with Crippen LogP contribution in [0.2, 0.25) is 0 Å². The fourth-order valence-corrected chi connectivity index (χ4v) is 12.5. The number of nitrogens with one attached hydrogen (secondary N) is 2. The minimum atomic E-state index is -2.83. The first-order valence-corrected chi connectivity index (χ1v) is 17.2. The smallest absolute Gasteiger partial charge is 0.262 e. The summed E-state index contributed by atoms with van der Waals surface area (Å²) in [5.41, 5.74) is -1.32. The minimum Gasteiger partial charge on any atom is -0.393 e. The zero-order valence-corrected chi connectivity index (χ0v) is 27.9. The van der Waals surface area contributed by atoms with Gasteiger partial charge >= 0.3 is 0 Å². The molecule has 6 nitrogen and oxygen atoms in total. The molecule has 0 aromatic carbocycles. The van der Waals surface area contributed by atoms with Crippen molar-refractivity contribution < 1.29 is 28.5 Å². The van der Waals surface area contributed by atoms with E-state index in [1.807, 2.05) is 13.8 Å². The van der Waals surface area contributed by atoms with Gasteiger partial charge in [-0.3, -0.25) is 10.1 Å². The molecule has 8 heteroatoms. The Bertz CT molecular complexity index is 1130. The van der Waals surface area contributed by atoms with Crippen LogP contribution in [0.4, 0.5) is 8.78 Å². The van der Waals surface area contributed by atoms with Gasteiger partial charge in [-0.1, -0.05) is 34.6 Å². The first kappa shape index (κ1) is 32.1. The molecule has 246 valence electrons. The quantitative estimate of drug-likeness (QED) is 0.322. The highest BCUT2D eigenvalue weighted by molar-refractivity contribution is 5.82. The van der Waals surface area contributed by atoms with Crippen molar-refractivity contribution in [1.29, 1.82) is 0 Å². The Balaban J connectivity index is 1.23. The van der Waals surface area contributed by atoms with Crippen LogP contribution in [0.1, 0.15) is 120 Å². The van der Waals surface area contributed by atoms with Crippen LogP contribution in [0.3, 0.4) is 0 Å². The molecule has 6 aliphatic rings. The van der Waals surface area contributed by atoms with Crippen molar-refractivity contribution in [1.82, 2.24) is 10.6 Å². The highest BCUT2D eigenvalue weighted by atomic mass is 19.3. The number of amides is 1. The summed E-state index contributed by atoms with van der Waals surface area (Å²) in [6, 6.07) is -0.895. The van der Waals surface area contributed by atoms with Gasteiger partial charge in [0, 0.05) is 12.5 Å². The third-order valence-corrected chi connectivity index (χ3v) is 15.1. The van der Waals surface area contributed by atoms with Crippen LogP contribution < -0.4 is 10.6 Å². The number of hydrogen-bond donors (Lipinski definition) is 4. The molecular formula is C35H58F2N2O4. The summed E-state index contributed by atoms with van der Waals surface area (Å²) in [6.07, 6.45) is 7.62. The Hall–Kier alpha value is -0.830. The summed E-state index contributed by atoms with van der Waals surface area (Å²) in [5.74, 6) is -1.97. The van der Waals surface area contributed by atoms with Gasteiger partial charge in [-0.15, -0.1) is 0 Å². The van der Waals surface area contributed by atoms with E-state index in [4.69, 9.17) is 4.74 Å². The van der Waals surface area contributed by atoms with E-state index in [0.717, 1.165) is 57.8 Å². The molecule has 2 aliphatic heterocycles. The maximum atomic E-state index is 13.8. The highest BCUT2D eigenvalue weighted by Crippen LogP contribution is 2.76. The van der Waals surface area contributed by atoms with E-state index >= 15 is 0 Å². The maximum absolute atomic E-state index is 13.8. The number of rotatable bonds is 4. The predicted molar refractivity (Wildman–Crippen MR) is 162 cm³/mol. The number of aliphatic hydroxyl groups is 2. The average molecular weight is 609 g/mol. The molecule has 4 aliphatic carbocycles. The molecule has 43 heavy (non-hydrogen) atoms. The second-order valence-corrected chi connectivity index (χ2v) is 18.0. The second kappa shape index (κ2) is 9.84. The molecule has 12 atom stereocenters. The molecule has 0 aromatic heterocycles. The summed E-state index contributed by atoms with van der Waals surface area (Å²) in [6.45, 7) is 17.5. The third kappa shape index (κ3) is 4.68. The van der Waals surface area contributed by atoms with E-state index in [1.165, 1.54) is 0 Å². The van der Waals surface area contributed by atoms with Gasteiger partial charge in [-0.25, -0.2) is 8.78 Å². The molecule has 2 heterocycles. The molecule has 6 rings (SSSR count). The van der Waals surface area contributed by atoms with Crippen LogP contribution in [-0.4, -0.2) is 64.1 Å². The van der Waals surface area contributed by atoms with Gasteiger partial charge in [0.1, 0.15) is 0 Å². The van der Waals surface area contributed by atoms with Crippen molar-refractivity contribution in [3.05, 3.63) is 0 Å².